The Morgan fingerprint density at radius 1 is 1.15 bits per heavy atom. The predicted octanol–water partition coefficient (Wildman–Crippen LogP) is 3.42. The number of nitrogens with zero attached hydrogens (tertiary/aromatic N) is 3. The highest BCUT2D eigenvalue weighted by Crippen LogP contribution is 2.18. The van der Waals surface area contributed by atoms with E-state index in [1.165, 1.54) is 5.56 Å². The molecular formula is C15H19BrN4. The molecule has 0 bridgehead atoms. The zero-order valence-electron chi connectivity index (χ0n) is 12.2. The maximum atomic E-state index is 4.58. The van der Waals surface area contributed by atoms with Gasteiger partial charge in [-0.15, -0.1) is 0 Å². The molecule has 5 heteroatoms. The minimum Gasteiger partial charge on any atom is -0.310 e. The first-order valence-electron chi connectivity index (χ1n) is 6.67. The van der Waals surface area contributed by atoms with Gasteiger partial charge in [0, 0.05) is 40.2 Å². The lowest BCUT2D eigenvalue weighted by Gasteiger charge is -2.13. The molecule has 0 spiro atoms. The Hall–Kier alpha value is -1.33. The van der Waals surface area contributed by atoms with Gasteiger partial charge in [-0.3, -0.25) is 4.98 Å². The highest BCUT2D eigenvalue weighted by molar-refractivity contribution is 9.10. The molecule has 106 valence electrons. The summed E-state index contributed by atoms with van der Waals surface area (Å²) in [5.41, 5.74) is 3.97. The lowest BCUT2D eigenvalue weighted by Crippen LogP contribution is -2.23. The van der Waals surface area contributed by atoms with Gasteiger partial charge < -0.3 is 5.32 Å². The van der Waals surface area contributed by atoms with Crippen LogP contribution in [0.25, 0.3) is 11.5 Å². The number of hydrogen-bond acceptors (Lipinski definition) is 4. The Kier molecular flexibility index (Phi) is 4.83. The van der Waals surface area contributed by atoms with Crippen LogP contribution < -0.4 is 5.32 Å². The standard InChI is InChI=1S/C15H19BrN4/c1-9(2)17-8-13-10(3)19-15(20-11(13)4)14-6-5-12(16)7-18-14/h5-7,9,17H,8H2,1-4H3. The molecule has 2 heterocycles. The number of nitrogens with one attached hydrogen (secondary N) is 1. The molecule has 0 atom stereocenters. The maximum Gasteiger partial charge on any atom is 0.178 e. The van der Waals surface area contributed by atoms with Crippen LogP contribution in [0.3, 0.4) is 0 Å². The van der Waals surface area contributed by atoms with E-state index in [-0.39, 0.29) is 0 Å². The van der Waals surface area contributed by atoms with Crippen LogP contribution in [-0.2, 0) is 6.54 Å². The summed E-state index contributed by atoms with van der Waals surface area (Å²) in [5, 5.41) is 3.41. The number of pyridine rings is 1. The summed E-state index contributed by atoms with van der Waals surface area (Å²) < 4.78 is 0.951. The first kappa shape index (κ1) is 15.1. The first-order valence-corrected chi connectivity index (χ1v) is 7.46. The van der Waals surface area contributed by atoms with Crippen molar-refractivity contribution in [2.75, 3.05) is 0 Å². The van der Waals surface area contributed by atoms with E-state index >= 15 is 0 Å². The summed E-state index contributed by atoms with van der Waals surface area (Å²) in [6.45, 7) is 9.10. The molecule has 0 fully saturated rings. The zero-order chi connectivity index (χ0) is 14.7. The van der Waals surface area contributed by atoms with E-state index in [0.29, 0.717) is 11.9 Å². The Morgan fingerprint density at radius 3 is 2.30 bits per heavy atom. The molecule has 0 saturated heterocycles. The lowest BCUT2D eigenvalue weighted by atomic mass is 10.1. The van der Waals surface area contributed by atoms with Gasteiger partial charge in [0.05, 0.1) is 0 Å². The third-order valence-corrected chi connectivity index (χ3v) is 3.53. The average Bonchev–Trinajstić information content (AvgIpc) is 2.38. The summed E-state index contributed by atoms with van der Waals surface area (Å²) >= 11 is 3.38. The fourth-order valence-corrected chi connectivity index (χ4v) is 2.16. The highest BCUT2D eigenvalue weighted by Gasteiger charge is 2.11. The van der Waals surface area contributed by atoms with E-state index in [9.17, 15) is 0 Å². The Morgan fingerprint density at radius 2 is 1.80 bits per heavy atom. The smallest absolute Gasteiger partial charge is 0.178 e. The van der Waals surface area contributed by atoms with E-state index in [2.05, 4.69) is 50.0 Å². The van der Waals surface area contributed by atoms with Crippen molar-refractivity contribution in [3.05, 3.63) is 39.8 Å². The van der Waals surface area contributed by atoms with Gasteiger partial charge in [-0.05, 0) is 41.9 Å². The number of hydrogen-bond donors (Lipinski definition) is 1. The third kappa shape index (κ3) is 3.61. The van der Waals surface area contributed by atoms with Crippen molar-refractivity contribution in [1.82, 2.24) is 20.3 Å². The van der Waals surface area contributed by atoms with Crippen LogP contribution in [0.4, 0.5) is 0 Å². The molecule has 0 aromatic carbocycles. The summed E-state index contributed by atoms with van der Waals surface area (Å²) in [6.07, 6.45) is 1.76. The number of rotatable bonds is 4. The van der Waals surface area contributed by atoms with Crippen LogP contribution in [0.1, 0.15) is 30.8 Å². The minimum absolute atomic E-state index is 0.446. The summed E-state index contributed by atoms with van der Waals surface area (Å²) in [5.74, 6) is 0.681. The van der Waals surface area contributed by atoms with Gasteiger partial charge in [0.2, 0.25) is 0 Å². The molecular weight excluding hydrogens is 316 g/mol. The molecule has 0 aliphatic carbocycles. The molecule has 0 aliphatic rings. The molecule has 1 N–H and O–H groups in total. The molecule has 20 heavy (non-hydrogen) atoms. The fourth-order valence-electron chi connectivity index (χ4n) is 1.92. The number of aromatic nitrogens is 3. The topological polar surface area (TPSA) is 50.7 Å². The molecule has 0 radical (unpaired) electrons. The quantitative estimate of drug-likeness (QED) is 0.930. The van der Waals surface area contributed by atoms with Crippen LogP contribution in [0, 0.1) is 13.8 Å². The molecule has 0 saturated carbocycles. The first-order chi connectivity index (χ1) is 9.47. The van der Waals surface area contributed by atoms with Crippen molar-refractivity contribution in [2.24, 2.45) is 0 Å². The van der Waals surface area contributed by atoms with E-state index in [4.69, 9.17) is 0 Å². The van der Waals surface area contributed by atoms with Crippen molar-refractivity contribution in [2.45, 2.75) is 40.3 Å². The van der Waals surface area contributed by atoms with Gasteiger partial charge in [-0.25, -0.2) is 9.97 Å². The lowest BCUT2D eigenvalue weighted by molar-refractivity contribution is 0.583. The fraction of sp³-hybridized carbons (Fsp3) is 0.400. The van der Waals surface area contributed by atoms with Crippen LogP contribution in [0.5, 0.6) is 0 Å². The Labute approximate surface area is 128 Å². The molecule has 2 aromatic rings. The predicted molar refractivity (Wildman–Crippen MR) is 84.4 cm³/mol. The van der Waals surface area contributed by atoms with Crippen molar-refractivity contribution in [3.63, 3.8) is 0 Å². The molecule has 2 aromatic heterocycles. The van der Waals surface area contributed by atoms with Gasteiger partial charge in [-0.1, -0.05) is 13.8 Å². The second kappa shape index (κ2) is 6.41. The number of aryl methyl sites for hydroxylation is 2. The van der Waals surface area contributed by atoms with Crippen LogP contribution >= 0.6 is 15.9 Å². The second-order valence-electron chi connectivity index (χ2n) is 5.09. The second-order valence-corrected chi connectivity index (χ2v) is 6.01. The summed E-state index contributed by atoms with van der Waals surface area (Å²) in [7, 11) is 0. The van der Waals surface area contributed by atoms with Crippen LogP contribution in [-0.4, -0.2) is 21.0 Å². The normalized spacial score (nSPS) is 11.1. The molecule has 0 aliphatic heterocycles. The van der Waals surface area contributed by atoms with Crippen LogP contribution in [0.2, 0.25) is 0 Å². The van der Waals surface area contributed by atoms with Gasteiger partial charge in [0.25, 0.3) is 0 Å². The maximum absolute atomic E-state index is 4.58. The Bertz CT molecular complexity index is 570. The van der Waals surface area contributed by atoms with Crippen LogP contribution in [0.15, 0.2) is 22.8 Å². The molecule has 0 amide bonds. The third-order valence-electron chi connectivity index (χ3n) is 3.06. The van der Waals surface area contributed by atoms with E-state index < -0.39 is 0 Å². The number of halogens is 1. The van der Waals surface area contributed by atoms with Gasteiger partial charge in [-0.2, -0.15) is 0 Å². The monoisotopic (exact) mass is 334 g/mol. The SMILES string of the molecule is Cc1nc(-c2ccc(Br)cn2)nc(C)c1CNC(C)C. The van der Waals surface area contributed by atoms with Gasteiger partial charge in [0.1, 0.15) is 5.69 Å². The van der Waals surface area contributed by atoms with Crippen molar-refractivity contribution >= 4 is 15.9 Å². The van der Waals surface area contributed by atoms with Gasteiger partial charge >= 0.3 is 0 Å². The van der Waals surface area contributed by atoms with E-state index in [0.717, 1.165) is 28.1 Å². The van der Waals surface area contributed by atoms with Gasteiger partial charge in [0.15, 0.2) is 5.82 Å². The summed E-state index contributed by atoms with van der Waals surface area (Å²) in [6, 6.07) is 4.32. The minimum atomic E-state index is 0.446. The molecule has 4 nitrogen and oxygen atoms in total. The Balaban J connectivity index is 2.32. The van der Waals surface area contributed by atoms with Crippen molar-refractivity contribution in [3.8, 4) is 11.5 Å². The highest BCUT2D eigenvalue weighted by atomic mass is 79.9. The van der Waals surface area contributed by atoms with E-state index in [1.54, 1.807) is 6.20 Å². The van der Waals surface area contributed by atoms with Crippen molar-refractivity contribution in [1.29, 1.82) is 0 Å². The van der Waals surface area contributed by atoms with E-state index in [1.807, 2.05) is 26.0 Å². The zero-order valence-corrected chi connectivity index (χ0v) is 13.8. The average molecular weight is 335 g/mol. The largest absolute Gasteiger partial charge is 0.310 e. The molecule has 0 unspecified atom stereocenters. The summed E-state index contributed by atoms with van der Waals surface area (Å²) in [4.78, 5) is 13.5. The molecule has 2 rings (SSSR count). The van der Waals surface area contributed by atoms with Crippen molar-refractivity contribution < 1.29 is 0 Å².